The van der Waals surface area contributed by atoms with Gasteiger partial charge in [-0.3, -0.25) is 14.6 Å². The molecule has 3 aromatic carbocycles. The lowest BCUT2D eigenvalue weighted by Crippen LogP contribution is -2.38. The highest BCUT2D eigenvalue weighted by Crippen LogP contribution is 2.50. The average molecular weight is 590 g/mol. The number of halogens is 2. The number of hydrogen-bond donors (Lipinski definition) is 2. The van der Waals surface area contributed by atoms with E-state index in [0.717, 1.165) is 6.07 Å². The predicted molar refractivity (Wildman–Crippen MR) is 150 cm³/mol. The third-order valence-corrected chi connectivity index (χ3v) is 7.48. The van der Waals surface area contributed by atoms with Gasteiger partial charge < -0.3 is 34.3 Å². The Morgan fingerprint density at radius 1 is 0.837 bits per heavy atom. The molecular formula is C31H25F2N3O7. The smallest absolute Gasteiger partial charge is 0.240 e. The molecule has 1 aliphatic carbocycles. The summed E-state index contributed by atoms with van der Waals surface area (Å²) in [7, 11) is 0. The van der Waals surface area contributed by atoms with Crippen LogP contribution in [0, 0.1) is 17.0 Å². The van der Waals surface area contributed by atoms with E-state index in [1.165, 1.54) is 42.6 Å². The van der Waals surface area contributed by atoms with Crippen LogP contribution in [0.25, 0.3) is 10.9 Å². The van der Waals surface area contributed by atoms with E-state index in [4.69, 9.17) is 23.7 Å². The second-order valence-electron chi connectivity index (χ2n) is 10.5. The first-order valence-electron chi connectivity index (χ1n) is 13.7. The topological polar surface area (TPSA) is 117 Å². The Hall–Kier alpha value is -4.97. The monoisotopic (exact) mass is 589 g/mol. The number of pyridine rings is 1. The van der Waals surface area contributed by atoms with Crippen molar-refractivity contribution < 1.29 is 42.1 Å². The van der Waals surface area contributed by atoms with Crippen LogP contribution in [-0.4, -0.2) is 49.3 Å². The normalized spacial score (nSPS) is 16.6. The summed E-state index contributed by atoms with van der Waals surface area (Å²) in [6, 6.07) is 12.5. The van der Waals surface area contributed by atoms with Crippen molar-refractivity contribution in [2.24, 2.45) is 5.41 Å². The third-order valence-electron chi connectivity index (χ3n) is 7.48. The first kappa shape index (κ1) is 26.9. The van der Waals surface area contributed by atoms with Gasteiger partial charge >= 0.3 is 0 Å². The number of benzene rings is 3. The number of fused-ring (bicyclic) bond motifs is 3. The van der Waals surface area contributed by atoms with Gasteiger partial charge in [0.15, 0.2) is 23.1 Å². The fourth-order valence-corrected chi connectivity index (χ4v) is 4.91. The Morgan fingerprint density at radius 3 is 2.21 bits per heavy atom. The largest absolute Gasteiger partial charge is 0.485 e. The Bertz CT molecular complexity index is 1740. The van der Waals surface area contributed by atoms with Gasteiger partial charge in [-0.1, -0.05) is 0 Å². The lowest BCUT2D eigenvalue weighted by Gasteiger charge is -2.29. The molecule has 0 radical (unpaired) electrons. The van der Waals surface area contributed by atoms with Crippen molar-refractivity contribution in [3.63, 3.8) is 0 Å². The molecule has 12 heteroatoms. The van der Waals surface area contributed by atoms with Crippen LogP contribution in [0.1, 0.15) is 12.8 Å². The SMILES string of the molecule is O=C(Nc1ccc(F)cc1)C1(C(=O)Nc2ccc(Oc3ccnc4cc(OC5COC5)c5c(c34)OCCO5)c(F)c2)CC1. The number of carbonyl (C=O) groups is 2. The molecule has 0 unspecified atom stereocenters. The van der Waals surface area contributed by atoms with Crippen molar-refractivity contribution in [2.75, 3.05) is 37.1 Å². The number of carbonyl (C=O) groups excluding carboxylic acids is 2. The summed E-state index contributed by atoms with van der Waals surface area (Å²) in [5.74, 6) is -0.774. The van der Waals surface area contributed by atoms with Crippen LogP contribution >= 0.6 is 0 Å². The molecule has 10 nitrogen and oxygen atoms in total. The van der Waals surface area contributed by atoms with E-state index >= 15 is 4.39 Å². The van der Waals surface area contributed by atoms with Crippen LogP contribution < -0.4 is 29.6 Å². The van der Waals surface area contributed by atoms with Gasteiger partial charge in [-0.05, 0) is 55.3 Å². The van der Waals surface area contributed by atoms with Crippen molar-refractivity contribution >= 4 is 34.1 Å². The average Bonchev–Trinajstić information content (AvgIpc) is 3.80. The molecule has 7 rings (SSSR count). The summed E-state index contributed by atoms with van der Waals surface area (Å²) in [6.07, 6.45) is 2.10. The van der Waals surface area contributed by atoms with Gasteiger partial charge in [0, 0.05) is 29.7 Å². The van der Waals surface area contributed by atoms with Gasteiger partial charge in [-0.15, -0.1) is 0 Å². The maximum atomic E-state index is 15.3. The zero-order valence-electron chi connectivity index (χ0n) is 22.7. The zero-order chi connectivity index (χ0) is 29.6. The second-order valence-corrected chi connectivity index (χ2v) is 10.5. The highest BCUT2D eigenvalue weighted by atomic mass is 19.1. The fraction of sp³-hybridized carbons (Fsp3) is 0.258. The molecule has 220 valence electrons. The number of aromatic nitrogens is 1. The predicted octanol–water partition coefficient (Wildman–Crippen LogP) is 5.21. The minimum atomic E-state index is -1.29. The van der Waals surface area contributed by atoms with E-state index in [0.29, 0.717) is 73.1 Å². The molecule has 0 spiro atoms. The summed E-state index contributed by atoms with van der Waals surface area (Å²) in [4.78, 5) is 30.3. The molecule has 1 aromatic heterocycles. The van der Waals surface area contributed by atoms with Gasteiger partial charge in [0.1, 0.15) is 36.3 Å². The number of amides is 2. The van der Waals surface area contributed by atoms with Crippen LogP contribution in [0.4, 0.5) is 20.2 Å². The van der Waals surface area contributed by atoms with Crippen molar-refractivity contribution in [3.05, 3.63) is 72.4 Å². The lowest BCUT2D eigenvalue weighted by atomic mass is 10.0. The molecule has 1 saturated heterocycles. The van der Waals surface area contributed by atoms with Crippen molar-refractivity contribution in [2.45, 2.75) is 18.9 Å². The van der Waals surface area contributed by atoms with E-state index in [9.17, 15) is 14.0 Å². The highest BCUT2D eigenvalue weighted by molar-refractivity contribution is 6.16. The minimum Gasteiger partial charge on any atom is -0.485 e. The zero-order valence-corrected chi connectivity index (χ0v) is 22.7. The molecule has 2 aliphatic heterocycles. The molecule has 2 amide bonds. The lowest BCUT2D eigenvalue weighted by molar-refractivity contribution is -0.131. The Labute approximate surface area is 243 Å². The molecule has 0 bridgehead atoms. The second kappa shape index (κ2) is 10.7. The minimum absolute atomic E-state index is 0.0985. The molecule has 4 aromatic rings. The Balaban J connectivity index is 1.09. The quantitative estimate of drug-likeness (QED) is 0.269. The van der Waals surface area contributed by atoms with E-state index in [-0.39, 0.29) is 23.3 Å². The third kappa shape index (κ3) is 5.14. The van der Waals surface area contributed by atoms with Crippen LogP contribution in [0.2, 0.25) is 0 Å². The molecule has 3 heterocycles. The summed E-state index contributed by atoms with van der Waals surface area (Å²) < 4.78 is 57.5. The fourth-order valence-electron chi connectivity index (χ4n) is 4.91. The Kier molecular flexibility index (Phi) is 6.69. The molecule has 3 aliphatic rings. The molecular weight excluding hydrogens is 564 g/mol. The molecule has 43 heavy (non-hydrogen) atoms. The summed E-state index contributed by atoms with van der Waals surface area (Å²) >= 11 is 0. The van der Waals surface area contributed by atoms with Crippen molar-refractivity contribution in [3.8, 4) is 28.7 Å². The summed E-state index contributed by atoms with van der Waals surface area (Å²) in [5, 5.41) is 5.77. The maximum absolute atomic E-state index is 15.3. The first-order chi connectivity index (χ1) is 20.9. The van der Waals surface area contributed by atoms with Crippen molar-refractivity contribution in [1.29, 1.82) is 0 Å². The summed E-state index contributed by atoms with van der Waals surface area (Å²) in [6.45, 7) is 1.59. The molecule has 2 fully saturated rings. The Morgan fingerprint density at radius 2 is 1.53 bits per heavy atom. The van der Waals surface area contributed by atoms with Gasteiger partial charge in [-0.2, -0.15) is 0 Å². The van der Waals surface area contributed by atoms with Gasteiger partial charge in [0.25, 0.3) is 0 Å². The first-order valence-corrected chi connectivity index (χ1v) is 13.7. The van der Waals surface area contributed by atoms with Crippen LogP contribution in [-0.2, 0) is 14.3 Å². The number of nitrogens with zero attached hydrogens (tertiary/aromatic N) is 1. The van der Waals surface area contributed by atoms with Crippen molar-refractivity contribution in [1.82, 2.24) is 4.98 Å². The van der Waals surface area contributed by atoms with E-state index in [1.807, 2.05) is 0 Å². The van der Waals surface area contributed by atoms with Crippen LogP contribution in [0.3, 0.4) is 0 Å². The number of rotatable bonds is 8. The van der Waals surface area contributed by atoms with Gasteiger partial charge in [-0.25, -0.2) is 8.78 Å². The number of hydrogen-bond acceptors (Lipinski definition) is 8. The number of nitrogens with one attached hydrogen (secondary N) is 2. The van der Waals surface area contributed by atoms with Gasteiger partial charge in [0.2, 0.25) is 17.6 Å². The maximum Gasteiger partial charge on any atom is 0.240 e. The van der Waals surface area contributed by atoms with Crippen LogP contribution in [0.5, 0.6) is 28.7 Å². The van der Waals surface area contributed by atoms with E-state index in [1.54, 1.807) is 12.1 Å². The number of ether oxygens (including phenoxy) is 5. The van der Waals surface area contributed by atoms with Gasteiger partial charge in [0.05, 0.1) is 24.1 Å². The molecule has 2 N–H and O–H groups in total. The molecule has 0 atom stereocenters. The van der Waals surface area contributed by atoms with Crippen LogP contribution in [0.15, 0.2) is 60.8 Å². The van der Waals surface area contributed by atoms with E-state index in [2.05, 4.69) is 15.6 Å². The molecule has 1 saturated carbocycles. The number of anilines is 2. The standard InChI is InChI=1S/C31H25F2N3O7/c32-17-1-3-18(4-2-17)35-29(37)31(8-9-31)30(38)36-19-5-6-23(21(33)13-19)43-24-7-10-34-22-14-25(42-20-15-39-16-20)27-28(26(22)24)41-12-11-40-27/h1-7,10,13-14,20H,8-9,11-12,15-16H2,(H,35,37)(H,36,38). The highest BCUT2D eigenvalue weighted by Gasteiger charge is 2.56. The van der Waals surface area contributed by atoms with E-state index < -0.39 is 28.9 Å². The summed E-state index contributed by atoms with van der Waals surface area (Å²) in [5.41, 5.74) is -0.247.